The molecule has 0 aliphatic rings. The predicted octanol–water partition coefficient (Wildman–Crippen LogP) is 4.71. The van der Waals surface area contributed by atoms with Gasteiger partial charge >= 0.3 is 0 Å². The minimum absolute atomic E-state index is 0. The second kappa shape index (κ2) is 11.7. The molecule has 0 aliphatic heterocycles. The van der Waals surface area contributed by atoms with E-state index in [1.54, 1.807) is 7.11 Å². The van der Waals surface area contributed by atoms with Gasteiger partial charge in [-0.25, -0.2) is 0 Å². The van der Waals surface area contributed by atoms with Crippen LogP contribution in [0, 0.1) is 5.92 Å². The Hall–Kier alpha value is -1.96. The lowest BCUT2D eigenvalue weighted by molar-refractivity contribution is 0.242. The molecule has 0 amide bonds. The number of guanidine groups is 1. The number of benzene rings is 2. The number of hydrogen-bond acceptors (Lipinski definition) is 3. The van der Waals surface area contributed by atoms with E-state index in [-0.39, 0.29) is 30.1 Å². The first kappa shape index (κ1) is 23.1. The smallest absolute Gasteiger partial charge is 0.193 e. The first-order valence-corrected chi connectivity index (χ1v) is 8.93. The predicted molar refractivity (Wildman–Crippen MR) is 124 cm³/mol. The quantitative estimate of drug-likeness (QED) is 0.324. The van der Waals surface area contributed by atoms with Gasteiger partial charge in [0, 0.05) is 12.2 Å². The van der Waals surface area contributed by atoms with Crippen LogP contribution in [0.1, 0.15) is 26.3 Å². The van der Waals surface area contributed by atoms with Gasteiger partial charge in [0.2, 0.25) is 0 Å². The summed E-state index contributed by atoms with van der Waals surface area (Å²) in [6.07, 6.45) is 1.11. The van der Waals surface area contributed by atoms with Crippen LogP contribution in [-0.2, 0) is 6.42 Å². The molecule has 1 unspecified atom stereocenters. The molecule has 0 aliphatic carbocycles. The van der Waals surface area contributed by atoms with Crippen LogP contribution in [0.15, 0.2) is 53.5 Å². The third kappa shape index (κ3) is 8.51. The number of hydrogen-bond donors (Lipinski definition) is 2. The number of anilines is 1. The first-order chi connectivity index (χ1) is 12.5. The van der Waals surface area contributed by atoms with E-state index in [4.69, 9.17) is 15.2 Å². The van der Waals surface area contributed by atoms with Crippen molar-refractivity contribution in [3.63, 3.8) is 0 Å². The number of methoxy groups -OCH3 is 1. The molecule has 0 bridgehead atoms. The molecule has 0 heterocycles. The summed E-state index contributed by atoms with van der Waals surface area (Å²) in [5.74, 6) is 2.53. The van der Waals surface area contributed by atoms with Gasteiger partial charge in [-0.3, -0.25) is 4.99 Å². The molecule has 27 heavy (non-hydrogen) atoms. The number of halogens is 1. The fraction of sp³-hybridized carbons (Fsp3) is 0.381. The molecule has 148 valence electrons. The molecule has 2 aromatic carbocycles. The first-order valence-electron chi connectivity index (χ1n) is 8.93. The number of nitrogens with two attached hydrogens (primary N) is 1. The normalized spacial score (nSPS) is 12.3. The van der Waals surface area contributed by atoms with Crippen LogP contribution in [0.3, 0.4) is 0 Å². The average molecular weight is 483 g/mol. The number of nitrogens with zero attached hydrogens (tertiary/aromatic N) is 1. The maximum atomic E-state index is 6.00. The average Bonchev–Trinajstić information content (AvgIpc) is 2.62. The van der Waals surface area contributed by atoms with Crippen molar-refractivity contribution in [3.8, 4) is 11.5 Å². The van der Waals surface area contributed by atoms with Crippen molar-refractivity contribution in [2.45, 2.75) is 33.3 Å². The summed E-state index contributed by atoms with van der Waals surface area (Å²) in [4.78, 5) is 4.45. The molecule has 0 aromatic heterocycles. The standard InChI is InChI=1S/C21H29N3O2.HI/c1-15(2)26-20-11-7-18(8-12-20)24-21(22)23-14-16(3)13-17-5-9-19(25-4)10-6-17;/h5-12,15-16H,13-14H2,1-4H3,(H3,22,23,24);1H. The highest BCUT2D eigenvalue weighted by Crippen LogP contribution is 2.17. The SMILES string of the molecule is COc1ccc(CC(C)CN=C(N)Nc2ccc(OC(C)C)cc2)cc1.I. The summed E-state index contributed by atoms with van der Waals surface area (Å²) in [5, 5.41) is 3.11. The van der Waals surface area contributed by atoms with Gasteiger partial charge in [0.25, 0.3) is 0 Å². The highest BCUT2D eigenvalue weighted by Gasteiger charge is 2.05. The monoisotopic (exact) mass is 483 g/mol. The molecule has 2 aromatic rings. The van der Waals surface area contributed by atoms with Crippen LogP contribution in [0.2, 0.25) is 0 Å². The molecule has 0 saturated carbocycles. The summed E-state index contributed by atoms with van der Waals surface area (Å²) >= 11 is 0. The molecule has 0 spiro atoms. The van der Waals surface area contributed by atoms with Gasteiger partial charge in [0.15, 0.2) is 5.96 Å². The second-order valence-electron chi connectivity index (χ2n) is 6.70. The van der Waals surface area contributed by atoms with E-state index in [2.05, 4.69) is 29.4 Å². The fourth-order valence-corrected chi connectivity index (χ4v) is 2.56. The minimum atomic E-state index is 0. The Morgan fingerprint density at radius 1 is 1.00 bits per heavy atom. The van der Waals surface area contributed by atoms with E-state index >= 15 is 0 Å². The van der Waals surface area contributed by atoms with E-state index in [1.165, 1.54) is 5.56 Å². The lowest BCUT2D eigenvalue weighted by Gasteiger charge is -2.12. The Morgan fingerprint density at radius 2 is 1.59 bits per heavy atom. The zero-order valence-electron chi connectivity index (χ0n) is 16.4. The van der Waals surface area contributed by atoms with Crippen molar-refractivity contribution < 1.29 is 9.47 Å². The largest absolute Gasteiger partial charge is 0.497 e. The van der Waals surface area contributed by atoms with Crippen LogP contribution in [0.5, 0.6) is 11.5 Å². The van der Waals surface area contributed by atoms with Gasteiger partial charge in [-0.2, -0.15) is 0 Å². The Kier molecular flexibility index (Phi) is 9.99. The van der Waals surface area contributed by atoms with Crippen molar-refractivity contribution in [2.24, 2.45) is 16.6 Å². The Labute approximate surface area is 179 Å². The molecular formula is C21H30IN3O2. The van der Waals surface area contributed by atoms with Crippen LogP contribution >= 0.6 is 24.0 Å². The molecule has 2 rings (SSSR count). The van der Waals surface area contributed by atoms with Gasteiger partial charge in [-0.1, -0.05) is 19.1 Å². The van der Waals surface area contributed by atoms with Crippen LogP contribution in [0.4, 0.5) is 5.69 Å². The van der Waals surface area contributed by atoms with E-state index in [0.29, 0.717) is 18.4 Å². The van der Waals surface area contributed by atoms with E-state index in [1.807, 2.05) is 50.2 Å². The topological polar surface area (TPSA) is 68.9 Å². The molecular weight excluding hydrogens is 453 g/mol. The summed E-state index contributed by atoms with van der Waals surface area (Å²) in [5.41, 5.74) is 8.15. The zero-order valence-corrected chi connectivity index (χ0v) is 18.8. The van der Waals surface area contributed by atoms with Crippen LogP contribution < -0.4 is 20.5 Å². The molecule has 0 saturated heterocycles. The zero-order chi connectivity index (χ0) is 18.9. The van der Waals surface area contributed by atoms with Crippen LogP contribution in [-0.4, -0.2) is 25.7 Å². The number of nitrogens with one attached hydrogen (secondary N) is 1. The van der Waals surface area contributed by atoms with Gasteiger partial charge in [0.1, 0.15) is 11.5 Å². The molecule has 1 atom stereocenters. The maximum absolute atomic E-state index is 6.00. The highest BCUT2D eigenvalue weighted by molar-refractivity contribution is 14.0. The number of ether oxygens (including phenoxy) is 2. The fourth-order valence-electron chi connectivity index (χ4n) is 2.56. The van der Waals surface area contributed by atoms with Crippen molar-refractivity contribution in [3.05, 3.63) is 54.1 Å². The molecule has 6 heteroatoms. The van der Waals surface area contributed by atoms with Crippen molar-refractivity contribution >= 4 is 35.6 Å². The van der Waals surface area contributed by atoms with E-state index < -0.39 is 0 Å². The number of aliphatic imine (C=N–C) groups is 1. The van der Waals surface area contributed by atoms with Crippen LogP contribution in [0.25, 0.3) is 0 Å². The summed E-state index contributed by atoms with van der Waals surface area (Å²) in [6.45, 7) is 6.84. The number of rotatable bonds is 8. The summed E-state index contributed by atoms with van der Waals surface area (Å²) < 4.78 is 10.8. The second-order valence-corrected chi connectivity index (χ2v) is 6.70. The molecule has 5 nitrogen and oxygen atoms in total. The van der Waals surface area contributed by atoms with Gasteiger partial charge < -0.3 is 20.5 Å². The lowest BCUT2D eigenvalue weighted by atomic mass is 10.0. The Morgan fingerprint density at radius 3 is 2.15 bits per heavy atom. The van der Waals surface area contributed by atoms with E-state index in [9.17, 15) is 0 Å². The van der Waals surface area contributed by atoms with Crippen molar-refractivity contribution in [2.75, 3.05) is 19.0 Å². The summed E-state index contributed by atoms with van der Waals surface area (Å²) in [7, 11) is 1.67. The third-order valence-corrected chi connectivity index (χ3v) is 3.82. The molecule has 0 fully saturated rings. The highest BCUT2D eigenvalue weighted by atomic mass is 127. The Bertz CT molecular complexity index is 700. The van der Waals surface area contributed by atoms with Crippen molar-refractivity contribution in [1.82, 2.24) is 0 Å². The molecule has 0 radical (unpaired) electrons. The lowest BCUT2D eigenvalue weighted by Crippen LogP contribution is -2.23. The third-order valence-electron chi connectivity index (χ3n) is 3.82. The summed E-state index contributed by atoms with van der Waals surface area (Å²) in [6, 6.07) is 15.8. The molecule has 3 N–H and O–H groups in total. The van der Waals surface area contributed by atoms with E-state index in [0.717, 1.165) is 23.6 Å². The van der Waals surface area contributed by atoms with Crippen molar-refractivity contribution in [1.29, 1.82) is 0 Å². The van der Waals surface area contributed by atoms with Gasteiger partial charge in [-0.05, 0) is 68.1 Å². The Balaban J connectivity index is 0.00000364. The van der Waals surface area contributed by atoms with Gasteiger partial charge in [-0.15, -0.1) is 24.0 Å². The van der Waals surface area contributed by atoms with Gasteiger partial charge in [0.05, 0.1) is 13.2 Å². The maximum Gasteiger partial charge on any atom is 0.193 e. The minimum Gasteiger partial charge on any atom is -0.497 e.